The third-order valence-corrected chi connectivity index (χ3v) is 3.88. The van der Waals surface area contributed by atoms with Crippen LogP contribution in [0.2, 0.25) is 0 Å². The van der Waals surface area contributed by atoms with Gasteiger partial charge in [0.1, 0.15) is 6.61 Å². The summed E-state index contributed by atoms with van der Waals surface area (Å²) in [4.78, 5) is 21.7. The first-order valence-corrected chi connectivity index (χ1v) is 8.55. The van der Waals surface area contributed by atoms with Gasteiger partial charge < -0.3 is 19.5 Å². The fourth-order valence-corrected chi connectivity index (χ4v) is 2.84. The highest BCUT2D eigenvalue weighted by molar-refractivity contribution is 5.69. The average Bonchev–Trinajstić information content (AvgIpc) is 2.60. The summed E-state index contributed by atoms with van der Waals surface area (Å²) in [5.74, 6) is 0.289. The minimum Gasteiger partial charge on any atom is -0.461 e. The molecule has 0 aliphatic carbocycles. The molecule has 6 heteroatoms. The van der Waals surface area contributed by atoms with Gasteiger partial charge in [0, 0.05) is 13.5 Å². The van der Waals surface area contributed by atoms with Crippen LogP contribution in [0.5, 0.6) is 0 Å². The first-order valence-electron chi connectivity index (χ1n) is 8.55. The number of ether oxygens (including phenoxy) is 3. The second-order valence-corrected chi connectivity index (χ2v) is 6.19. The highest BCUT2D eigenvalue weighted by Crippen LogP contribution is 2.27. The fourth-order valence-electron chi connectivity index (χ4n) is 2.84. The van der Waals surface area contributed by atoms with Gasteiger partial charge in [-0.2, -0.15) is 0 Å². The van der Waals surface area contributed by atoms with E-state index >= 15 is 0 Å². The lowest BCUT2D eigenvalue weighted by Crippen LogP contribution is -2.30. The highest BCUT2D eigenvalue weighted by Gasteiger charge is 2.26. The van der Waals surface area contributed by atoms with E-state index in [1.807, 2.05) is 30.3 Å². The molecular weight excluding hydrogens is 322 g/mol. The number of rotatable bonds is 4. The zero-order chi connectivity index (χ0) is 18.7. The third-order valence-electron chi connectivity index (χ3n) is 3.88. The molecule has 1 aromatic rings. The van der Waals surface area contributed by atoms with Crippen LogP contribution >= 0.6 is 0 Å². The summed E-state index contributed by atoms with van der Waals surface area (Å²) in [6.45, 7) is 4.50. The predicted octanol–water partition coefficient (Wildman–Crippen LogP) is 3.30. The number of amides is 1. The third kappa shape index (κ3) is 9.10. The second-order valence-electron chi connectivity index (χ2n) is 6.19. The molecular formula is C19H29NO5. The zero-order valence-corrected chi connectivity index (χ0v) is 15.5. The molecule has 2 atom stereocenters. The molecule has 0 bridgehead atoms. The summed E-state index contributed by atoms with van der Waals surface area (Å²) in [7, 11) is 2.82. The quantitative estimate of drug-likeness (QED) is 0.843. The summed E-state index contributed by atoms with van der Waals surface area (Å²) >= 11 is 0. The van der Waals surface area contributed by atoms with E-state index < -0.39 is 6.09 Å². The molecule has 1 saturated heterocycles. The Labute approximate surface area is 149 Å². The maximum Gasteiger partial charge on any atom is 0.406 e. The van der Waals surface area contributed by atoms with Crippen LogP contribution in [0.1, 0.15) is 38.7 Å². The first-order chi connectivity index (χ1) is 11.9. The number of nitrogens with one attached hydrogen (secondary N) is 1. The summed E-state index contributed by atoms with van der Waals surface area (Å²) in [6.07, 6.45) is 2.49. The van der Waals surface area contributed by atoms with Gasteiger partial charge in [0.15, 0.2) is 0 Å². The van der Waals surface area contributed by atoms with Gasteiger partial charge >= 0.3 is 12.1 Å². The molecule has 1 aliphatic rings. The molecule has 2 unspecified atom stereocenters. The maximum absolute atomic E-state index is 11.8. The Bertz CT molecular complexity index is 504. The van der Waals surface area contributed by atoms with Crippen LogP contribution in [-0.4, -0.2) is 38.4 Å². The normalized spacial score (nSPS) is 22.2. The van der Waals surface area contributed by atoms with Crippen molar-refractivity contribution in [3.63, 3.8) is 0 Å². The van der Waals surface area contributed by atoms with Crippen molar-refractivity contribution in [3.05, 3.63) is 35.9 Å². The molecule has 0 spiro atoms. The van der Waals surface area contributed by atoms with Crippen LogP contribution in [-0.2, 0) is 25.6 Å². The maximum atomic E-state index is 11.8. The van der Waals surface area contributed by atoms with Crippen LogP contribution in [0, 0.1) is 5.92 Å². The lowest BCUT2D eigenvalue weighted by Gasteiger charge is -2.31. The minimum atomic E-state index is -0.407. The Kier molecular flexibility index (Phi) is 9.62. The lowest BCUT2D eigenvalue weighted by atomic mass is 9.90. The summed E-state index contributed by atoms with van der Waals surface area (Å²) in [5, 5.41) is 2.25. The number of methoxy groups -OCH3 is 1. The second kappa shape index (κ2) is 11.5. The SMILES string of the molecule is CC1CC(CC(=O)OCc2ccccc2)CC(C)O1.CNC(=O)OC. The van der Waals surface area contributed by atoms with Gasteiger partial charge in [0.05, 0.1) is 19.3 Å². The number of benzene rings is 1. The number of hydrogen-bond donors (Lipinski definition) is 1. The molecule has 2 rings (SSSR count). The van der Waals surface area contributed by atoms with Crippen LogP contribution in [0.15, 0.2) is 30.3 Å². The minimum absolute atomic E-state index is 0.102. The van der Waals surface area contributed by atoms with Gasteiger partial charge in [-0.25, -0.2) is 4.79 Å². The van der Waals surface area contributed by atoms with E-state index in [4.69, 9.17) is 9.47 Å². The van der Waals surface area contributed by atoms with Crippen LogP contribution in [0.25, 0.3) is 0 Å². The van der Waals surface area contributed by atoms with Gasteiger partial charge in [0.25, 0.3) is 0 Å². The van der Waals surface area contributed by atoms with Crippen LogP contribution < -0.4 is 5.32 Å². The van der Waals surface area contributed by atoms with Crippen LogP contribution in [0.4, 0.5) is 4.79 Å². The molecule has 1 aliphatic heterocycles. The number of hydrogen-bond acceptors (Lipinski definition) is 5. The Morgan fingerprint density at radius 3 is 2.24 bits per heavy atom. The molecule has 0 aromatic heterocycles. The summed E-state index contributed by atoms with van der Waals surface area (Å²) < 4.78 is 15.1. The molecule has 1 N–H and O–H groups in total. The Morgan fingerprint density at radius 1 is 1.16 bits per heavy atom. The Hall–Kier alpha value is -2.08. The molecule has 1 heterocycles. The lowest BCUT2D eigenvalue weighted by molar-refractivity contribution is -0.148. The largest absolute Gasteiger partial charge is 0.461 e. The van der Waals surface area contributed by atoms with Crippen molar-refractivity contribution in [2.45, 2.75) is 51.9 Å². The molecule has 1 fully saturated rings. The number of esters is 1. The van der Waals surface area contributed by atoms with E-state index in [1.54, 1.807) is 0 Å². The van der Waals surface area contributed by atoms with Gasteiger partial charge in [-0.3, -0.25) is 4.79 Å². The van der Waals surface area contributed by atoms with Crippen molar-refractivity contribution >= 4 is 12.1 Å². The van der Waals surface area contributed by atoms with E-state index in [1.165, 1.54) is 14.2 Å². The molecule has 1 amide bonds. The van der Waals surface area contributed by atoms with Crippen molar-refractivity contribution < 1.29 is 23.8 Å². The summed E-state index contributed by atoms with van der Waals surface area (Å²) in [6, 6.07) is 9.78. The van der Waals surface area contributed by atoms with E-state index in [0.717, 1.165) is 18.4 Å². The number of alkyl carbamates (subject to hydrolysis) is 1. The molecule has 6 nitrogen and oxygen atoms in total. The number of carbonyl (C=O) groups excluding carboxylic acids is 2. The van der Waals surface area contributed by atoms with E-state index in [2.05, 4.69) is 23.9 Å². The van der Waals surface area contributed by atoms with Crippen molar-refractivity contribution in [1.82, 2.24) is 5.32 Å². The van der Waals surface area contributed by atoms with Gasteiger partial charge in [-0.1, -0.05) is 30.3 Å². The van der Waals surface area contributed by atoms with E-state index in [-0.39, 0.29) is 18.2 Å². The molecule has 1 aromatic carbocycles. The van der Waals surface area contributed by atoms with Crippen molar-refractivity contribution in [2.75, 3.05) is 14.2 Å². The molecule has 25 heavy (non-hydrogen) atoms. The average molecular weight is 351 g/mol. The molecule has 140 valence electrons. The van der Waals surface area contributed by atoms with Crippen molar-refractivity contribution in [3.8, 4) is 0 Å². The summed E-state index contributed by atoms with van der Waals surface area (Å²) in [5.41, 5.74) is 1.03. The smallest absolute Gasteiger partial charge is 0.406 e. The van der Waals surface area contributed by atoms with Crippen LogP contribution in [0.3, 0.4) is 0 Å². The molecule has 0 saturated carbocycles. The van der Waals surface area contributed by atoms with Gasteiger partial charge in [-0.05, 0) is 38.2 Å². The fraction of sp³-hybridized carbons (Fsp3) is 0.579. The zero-order valence-electron chi connectivity index (χ0n) is 15.5. The monoisotopic (exact) mass is 351 g/mol. The topological polar surface area (TPSA) is 73.9 Å². The van der Waals surface area contributed by atoms with E-state index in [0.29, 0.717) is 18.9 Å². The number of carbonyl (C=O) groups is 2. The van der Waals surface area contributed by atoms with Crippen molar-refractivity contribution in [1.29, 1.82) is 0 Å². The van der Waals surface area contributed by atoms with Crippen molar-refractivity contribution in [2.24, 2.45) is 5.92 Å². The standard InChI is InChI=1S/C16H22O3.C3H7NO2/c1-12-8-15(9-13(2)19-12)10-16(17)18-11-14-6-4-3-5-7-14;1-4-3(5)6-2/h3-7,12-13,15H,8-11H2,1-2H3;1-2H3,(H,4,5). The van der Waals surface area contributed by atoms with Gasteiger partial charge in [-0.15, -0.1) is 0 Å². The Morgan fingerprint density at radius 2 is 1.76 bits per heavy atom. The highest BCUT2D eigenvalue weighted by atomic mass is 16.5. The first kappa shape index (κ1) is 21.0. The predicted molar refractivity (Wildman–Crippen MR) is 95.1 cm³/mol. The Balaban J connectivity index is 0.000000450. The van der Waals surface area contributed by atoms with Gasteiger partial charge in [0.2, 0.25) is 0 Å². The molecule has 0 radical (unpaired) electrons. The van der Waals surface area contributed by atoms with E-state index in [9.17, 15) is 9.59 Å².